The molecule has 1 aromatic carbocycles. The maximum absolute atomic E-state index is 12.5. The summed E-state index contributed by atoms with van der Waals surface area (Å²) in [4.78, 5) is 26.8. The molecule has 100 valence electrons. The van der Waals surface area contributed by atoms with Gasteiger partial charge in [-0.2, -0.15) is 0 Å². The second-order valence-electron chi connectivity index (χ2n) is 4.72. The zero-order valence-corrected chi connectivity index (χ0v) is 11.3. The lowest BCUT2D eigenvalue weighted by molar-refractivity contribution is 0.0751. The molecular formula is C13H11N5OS. The van der Waals surface area contributed by atoms with Crippen LogP contribution in [0.25, 0.3) is 11.0 Å². The van der Waals surface area contributed by atoms with Crippen LogP contribution in [0.1, 0.15) is 20.9 Å². The molecule has 1 aliphatic rings. The lowest BCUT2D eigenvalue weighted by atomic mass is 10.2. The number of imidazole rings is 1. The molecule has 3 aromatic rings. The van der Waals surface area contributed by atoms with Crippen LogP contribution in [0.15, 0.2) is 24.5 Å². The van der Waals surface area contributed by atoms with Crippen LogP contribution in [0.3, 0.4) is 0 Å². The first-order chi connectivity index (χ1) is 9.70. The van der Waals surface area contributed by atoms with Crippen molar-refractivity contribution < 1.29 is 4.79 Å². The Labute approximate surface area is 118 Å². The Morgan fingerprint density at radius 1 is 1.40 bits per heavy atom. The molecule has 0 fully saturated rings. The predicted octanol–water partition coefficient (Wildman–Crippen LogP) is 1.76. The standard InChI is InChI=1S/C13H11N5OS/c14-13-17-10-4-18(5-11(10)20-13)12(19)7-1-2-8-9(3-7)16-6-15-8/h1-3,6H,4-5H2,(H2,14,17)(H,15,16). The highest BCUT2D eigenvalue weighted by Gasteiger charge is 2.27. The molecule has 0 saturated heterocycles. The fourth-order valence-corrected chi connectivity index (χ4v) is 3.31. The summed E-state index contributed by atoms with van der Waals surface area (Å²) in [5.41, 5.74) is 8.97. The van der Waals surface area contributed by atoms with Crippen LogP contribution in [0.5, 0.6) is 0 Å². The molecule has 2 aromatic heterocycles. The normalized spacial score (nSPS) is 13.9. The number of carbonyl (C=O) groups excluding carboxylic acids is 1. The molecule has 0 aliphatic carbocycles. The zero-order chi connectivity index (χ0) is 13.7. The number of amides is 1. The van der Waals surface area contributed by atoms with E-state index >= 15 is 0 Å². The van der Waals surface area contributed by atoms with Crippen LogP contribution in [-0.2, 0) is 13.1 Å². The Balaban J connectivity index is 1.63. The number of carbonyl (C=O) groups is 1. The van der Waals surface area contributed by atoms with Gasteiger partial charge in [0.15, 0.2) is 5.13 Å². The molecule has 6 nitrogen and oxygen atoms in total. The maximum Gasteiger partial charge on any atom is 0.254 e. The highest BCUT2D eigenvalue weighted by Crippen LogP contribution is 2.30. The lowest BCUT2D eigenvalue weighted by Gasteiger charge is -2.15. The van der Waals surface area contributed by atoms with Gasteiger partial charge in [-0.25, -0.2) is 9.97 Å². The van der Waals surface area contributed by atoms with Crippen molar-refractivity contribution in [2.75, 3.05) is 5.73 Å². The van der Waals surface area contributed by atoms with E-state index in [2.05, 4.69) is 15.0 Å². The van der Waals surface area contributed by atoms with Crippen LogP contribution in [0.4, 0.5) is 5.13 Å². The van der Waals surface area contributed by atoms with Gasteiger partial charge in [-0.3, -0.25) is 4.79 Å². The minimum atomic E-state index is 0.00488. The van der Waals surface area contributed by atoms with E-state index in [1.165, 1.54) is 11.3 Å². The smallest absolute Gasteiger partial charge is 0.254 e. The number of fused-ring (bicyclic) bond motifs is 2. The summed E-state index contributed by atoms with van der Waals surface area (Å²) in [5, 5.41) is 0.570. The summed E-state index contributed by atoms with van der Waals surface area (Å²) >= 11 is 1.45. The number of nitrogen functional groups attached to an aromatic ring is 1. The predicted molar refractivity (Wildman–Crippen MR) is 76.2 cm³/mol. The average molecular weight is 285 g/mol. The summed E-state index contributed by atoms with van der Waals surface area (Å²) in [5.74, 6) is 0.00488. The molecular weight excluding hydrogens is 274 g/mol. The number of nitrogens with two attached hydrogens (primary N) is 1. The summed E-state index contributed by atoms with van der Waals surface area (Å²) in [6, 6.07) is 5.49. The molecule has 0 spiro atoms. The van der Waals surface area contributed by atoms with E-state index in [9.17, 15) is 4.79 Å². The topological polar surface area (TPSA) is 87.9 Å². The largest absolute Gasteiger partial charge is 0.375 e. The number of hydrogen-bond acceptors (Lipinski definition) is 5. The lowest BCUT2D eigenvalue weighted by Crippen LogP contribution is -2.25. The third-order valence-electron chi connectivity index (χ3n) is 3.42. The van der Waals surface area contributed by atoms with Crippen molar-refractivity contribution in [3.63, 3.8) is 0 Å². The number of thiazole rings is 1. The van der Waals surface area contributed by atoms with Crippen molar-refractivity contribution in [2.24, 2.45) is 0 Å². The highest BCUT2D eigenvalue weighted by atomic mass is 32.1. The molecule has 0 saturated carbocycles. The van der Waals surface area contributed by atoms with Gasteiger partial charge in [0.25, 0.3) is 5.91 Å². The van der Waals surface area contributed by atoms with Gasteiger partial charge in [0.05, 0.1) is 41.0 Å². The van der Waals surface area contributed by atoms with Crippen molar-refractivity contribution in [3.8, 4) is 0 Å². The number of nitrogens with one attached hydrogen (secondary N) is 1. The number of anilines is 1. The van der Waals surface area contributed by atoms with Crippen molar-refractivity contribution >= 4 is 33.4 Å². The van der Waals surface area contributed by atoms with Gasteiger partial charge in [-0.05, 0) is 18.2 Å². The monoisotopic (exact) mass is 285 g/mol. The molecule has 0 bridgehead atoms. The van der Waals surface area contributed by atoms with Gasteiger partial charge in [0.1, 0.15) is 0 Å². The number of nitrogens with zero attached hydrogens (tertiary/aromatic N) is 3. The fourth-order valence-electron chi connectivity index (χ4n) is 2.46. The third-order valence-corrected chi connectivity index (χ3v) is 4.34. The van der Waals surface area contributed by atoms with Gasteiger partial charge in [0, 0.05) is 5.56 Å². The first-order valence-electron chi connectivity index (χ1n) is 6.17. The van der Waals surface area contributed by atoms with Crippen molar-refractivity contribution in [1.82, 2.24) is 19.9 Å². The highest BCUT2D eigenvalue weighted by molar-refractivity contribution is 7.15. The molecule has 3 N–H and O–H groups in total. The zero-order valence-electron chi connectivity index (χ0n) is 10.5. The third kappa shape index (κ3) is 1.67. The Morgan fingerprint density at radius 3 is 3.15 bits per heavy atom. The SMILES string of the molecule is Nc1nc2c(s1)CN(C(=O)c1ccc3nc[nH]c3c1)C2. The Hall–Kier alpha value is -2.41. The number of rotatable bonds is 1. The van der Waals surface area contributed by atoms with E-state index in [1.54, 1.807) is 17.3 Å². The molecule has 20 heavy (non-hydrogen) atoms. The molecule has 1 amide bonds. The number of H-pyrrole nitrogens is 1. The Kier molecular flexibility index (Phi) is 2.31. The summed E-state index contributed by atoms with van der Waals surface area (Å²) in [7, 11) is 0. The van der Waals surface area contributed by atoms with E-state index in [1.807, 2.05) is 12.1 Å². The van der Waals surface area contributed by atoms with Crippen LogP contribution in [-0.4, -0.2) is 25.8 Å². The first kappa shape index (κ1) is 11.4. The second-order valence-corrected chi connectivity index (χ2v) is 5.83. The average Bonchev–Trinajstić information content (AvgIpc) is 3.09. The first-order valence-corrected chi connectivity index (χ1v) is 6.99. The van der Waals surface area contributed by atoms with E-state index in [-0.39, 0.29) is 5.91 Å². The summed E-state index contributed by atoms with van der Waals surface area (Å²) < 4.78 is 0. The minimum Gasteiger partial charge on any atom is -0.375 e. The maximum atomic E-state index is 12.5. The number of hydrogen-bond donors (Lipinski definition) is 2. The molecule has 7 heteroatoms. The van der Waals surface area contributed by atoms with Crippen molar-refractivity contribution in [2.45, 2.75) is 13.1 Å². The van der Waals surface area contributed by atoms with Gasteiger partial charge in [-0.15, -0.1) is 11.3 Å². The molecule has 1 aliphatic heterocycles. The molecule has 4 rings (SSSR count). The van der Waals surface area contributed by atoms with Gasteiger partial charge in [-0.1, -0.05) is 0 Å². The second kappa shape index (κ2) is 4.04. The Bertz CT molecular complexity index is 798. The Morgan fingerprint density at radius 2 is 2.30 bits per heavy atom. The van der Waals surface area contributed by atoms with Gasteiger partial charge in [0.2, 0.25) is 0 Å². The van der Waals surface area contributed by atoms with E-state index in [0.29, 0.717) is 23.8 Å². The van der Waals surface area contributed by atoms with Crippen LogP contribution in [0, 0.1) is 0 Å². The quantitative estimate of drug-likeness (QED) is 0.713. The van der Waals surface area contributed by atoms with Crippen LogP contribution in [0.2, 0.25) is 0 Å². The van der Waals surface area contributed by atoms with E-state index in [4.69, 9.17) is 5.73 Å². The van der Waals surface area contributed by atoms with E-state index in [0.717, 1.165) is 21.6 Å². The molecule has 3 heterocycles. The van der Waals surface area contributed by atoms with E-state index < -0.39 is 0 Å². The van der Waals surface area contributed by atoms with Crippen molar-refractivity contribution in [3.05, 3.63) is 40.7 Å². The summed E-state index contributed by atoms with van der Waals surface area (Å²) in [6.07, 6.45) is 1.62. The van der Waals surface area contributed by atoms with Gasteiger partial charge >= 0.3 is 0 Å². The van der Waals surface area contributed by atoms with Crippen LogP contribution >= 0.6 is 11.3 Å². The minimum absolute atomic E-state index is 0.00488. The molecule has 0 atom stereocenters. The van der Waals surface area contributed by atoms with Gasteiger partial charge < -0.3 is 15.6 Å². The number of benzene rings is 1. The molecule has 0 radical (unpaired) electrons. The number of aromatic nitrogens is 3. The molecule has 0 unspecified atom stereocenters. The summed E-state index contributed by atoms with van der Waals surface area (Å²) in [6.45, 7) is 1.12. The number of aromatic amines is 1. The van der Waals surface area contributed by atoms with Crippen LogP contribution < -0.4 is 5.73 Å². The van der Waals surface area contributed by atoms with Crippen molar-refractivity contribution in [1.29, 1.82) is 0 Å². The fraction of sp³-hybridized carbons (Fsp3) is 0.154.